The van der Waals surface area contributed by atoms with E-state index in [9.17, 15) is 21.6 Å². The molecule has 1 amide bonds. The Labute approximate surface area is 205 Å². The summed E-state index contributed by atoms with van der Waals surface area (Å²) in [5, 5.41) is 7.78. The minimum Gasteiger partial charge on any atom is -0.496 e. The van der Waals surface area contributed by atoms with E-state index in [1.165, 1.54) is 43.5 Å². The maximum atomic E-state index is 13.5. The number of rotatable bonds is 10. The third-order valence-corrected chi connectivity index (χ3v) is 7.98. The highest BCUT2D eigenvalue weighted by molar-refractivity contribution is 7.89. The Morgan fingerprint density at radius 1 is 0.914 bits per heavy atom. The largest absolute Gasteiger partial charge is 0.496 e. The van der Waals surface area contributed by atoms with Crippen LogP contribution in [0.3, 0.4) is 0 Å². The zero-order valence-corrected chi connectivity index (χ0v) is 21.0. The van der Waals surface area contributed by atoms with Gasteiger partial charge >= 0.3 is 0 Å². The Morgan fingerprint density at radius 3 is 2.11 bits per heavy atom. The quantitative estimate of drug-likeness (QED) is 0.423. The van der Waals surface area contributed by atoms with E-state index in [1.54, 1.807) is 37.3 Å². The van der Waals surface area contributed by atoms with Crippen molar-refractivity contribution in [2.24, 2.45) is 5.14 Å². The molecule has 0 fully saturated rings. The van der Waals surface area contributed by atoms with E-state index in [2.05, 4.69) is 5.32 Å². The number of nitrogens with zero attached hydrogens (tertiary/aromatic N) is 1. The minimum absolute atomic E-state index is 0.00469. The molecule has 3 N–H and O–H groups in total. The number of ether oxygens (including phenoxy) is 1. The van der Waals surface area contributed by atoms with E-state index in [-0.39, 0.29) is 22.9 Å². The van der Waals surface area contributed by atoms with Gasteiger partial charge in [0.1, 0.15) is 5.75 Å². The smallest absolute Gasteiger partial charge is 0.243 e. The molecule has 3 aromatic rings. The zero-order valence-electron chi connectivity index (χ0n) is 19.3. The van der Waals surface area contributed by atoms with Gasteiger partial charge in [0, 0.05) is 13.1 Å². The van der Waals surface area contributed by atoms with Crippen molar-refractivity contribution >= 4 is 26.0 Å². The predicted octanol–water partition coefficient (Wildman–Crippen LogP) is 2.16. The molecule has 0 unspecified atom stereocenters. The van der Waals surface area contributed by atoms with Gasteiger partial charge in [-0.05, 0) is 53.9 Å². The molecule has 0 aliphatic carbocycles. The van der Waals surface area contributed by atoms with E-state index >= 15 is 0 Å². The van der Waals surface area contributed by atoms with Gasteiger partial charge in [-0.2, -0.15) is 4.31 Å². The van der Waals surface area contributed by atoms with Crippen LogP contribution in [0.5, 0.6) is 5.75 Å². The molecule has 0 saturated carbocycles. The number of carbonyl (C=O) groups excluding carboxylic acids is 1. The van der Waals surface area contributed by atoms with Crippen molar-refractivity contribution in [3.63, 3.8) is 0 Å². The standard InChI is InChI=1S/C24H27N3O6S2/c1-18-14-22(12-13-23(18)33-2)35(31,32)27(16-20-6-4-3-5-7-20)17-24(28)26-15-19-8-10-21(11-9-19)34(25,29)30/h3-14H,15-17H2,1-2H3,(H,26,28)(H2,25,29,30). The summed E-state index contributed by atoms with van der Waals surface area (Å²) in [7, 11) is -6.32. The molecule has 3 rings (SSSR count). The van der Waals surface area contributed by atoms with Crippen LogP contribution in [0.25, 0.3) is 0 Å². The number of primary sulfonamides is 1. The van der Waals surface area contributed by atoms with Gasteiger partial charge in [0.05, 0.1) is 23.4 Å². The first-order valence-corrected chi connectivity index (χ1v) is 13.6. The first-order chi connectivity index (χ1) is 16.5. The molecule has 186 valence electrons. The van der Waals surface area contributed by atoms with Gasteiger partial charge in [0.25, 0.3) is 0 Å². The van der Waals surface area contributed by atoms with E-state index in [1.807, 2.05) is 6.07 Å². The molecule has 0 bridgehead atoms. The first-order valence-electron chi connectivity index (χ1n) is 10.6. The van der Waals surface area contributed by atoms with E-state index in [0.29, 0.717) is 16.9 Å². The van der Waals surface area contributed by atoms with Gasteiger partial charge in [0.15, 0.2) is 0 Å². The Balaban J connectivity index is 1.79. The number of sulfonamides is 2. The van der Waals surface area contributed by atoms with Gasteiger partial charge in [-0.15, -0.1) is 0 Å². The summed E-state index contributed by atoms with van der Waals surface area (Å²) >= 11 is 0. The summed E-state index contributed by atoms with van der Waals surface area (Å²) in [5.41, 5.74) is 2.02. The molecule has 35 heavy (non-hydrogen) atoms. The average molecular weight is 518 g/mol. The van der Waals surface area contributed by atoms with Gasteiger partial charge in [0.2, 0.25) is 26.0 Å². The maximum absolute atomic E-state index is 13.5. The fourth-order valence-corrected chi connectivity index (χ4v) is 5.37. The number of hydrogen-bond donors (Lipinski definition) is 2. The van der Waals surface area contributed by atoms with Crippen LogP contribution in [-0.4, -0.2) is 40.7 Å². The van der Waals surface area contributed by atoms with Crippen LogP contribution in [0.2, 0.25) is 0 Å². The summed E-state index contributed by atoms with van der Waals surface area (Å²) in [4.78, 5) is 12.7. The lowest BCUT2D eigenvalue weighted by molar-refractivity contribution is -0.121. The normalized spacial score (nSPS) is 11.9. The third kappa shape index (κ3) is 6.89. The van der Waals surface area contributed by atoms with Gasteiger partial charge in [-0.3, -0.25) is 4.79 Å². The molecule has 9 nitrogen and oxygen atoms in total. The molecule has 0 saturated heterocycles. The number of carbonyl (C=O) groups is 1. The van der Waals surface area contributed by atoms with Gasteiger partial charge in [-0.1, -0.05) is 42.5 Å². The minimum atomic E-state index is -4.01. The molecule has 11 heteroatoms. The lowest BCUT2D eigenvalue weighted by atomic mass is 10.2. The van der Waals surface area contributed by atoms with Crippen LogP contribution < -0.4 is 15.2 Å². The molecular formula is C24H27N3O6S2. The number of hydrogen-bond acceptors (Lipinski definition) is 6. The first kappa shape index (κ1) is 26.4. The number of nitrogens with one attached hydrogen (secondary N) is 1. The molecule has 0 aromatic heterocycles. The highest BCUT2D eigenvalue weighted by Gasteiger charge is 2.27. The summed E-state index contributed by atoms with van der Waals surface area (Å²) in [6.45, 7) is 1.43. The van der Waals surface area contributed by atoms with Crippen LogP contribution >= 0.6 is 0 Å². The third-order valence-electron chi connectivity index (χ3n) is 5.27. The number of amides is 1. The highest BCUT2D eigenvalue weighted by Crippen LogP contribution is 2.24. The summed E-state index contributed by atoms with van der Waals surface area (Å²) in [6.07, 6.45) is 0. The van der Waals surface area contributed by atoms with Crippen molar-refractivity contribution in [2.45, 2.75) is 29.8 Å². The monoisotopic (exact) mass is 517 g/mol. The summed E-state index contributed by atoms with van der Waals surface area (Å²) in [6, 6.07) is 19.3. The molecule has 0 atom stereocenters. The van der Waals surface area contributed by atoms with Crippen LogP contribution in [0, 0.1) is 6.92 Å². The lowest BCUT2D eigenvalue weighted by Crippen LogP contribution is -2.40. The molecule has 0 spiro atoms. The molecule has 3 aromatic carbocycles. The van der Waals surface area contributed by atoms with E-state index in [4.69, 9.17) is 9.88 Å². The molecule has 0 aliphatic heterocycles. The lowest BCUT2D eigenvalue weighted by Gasteiger charge is -2.22. The van der Waals surface area contributed by atoms with Crippen molar-refractivity contribution in [3.05, 3.63) is 89.5 Å². The number of methoxy groups -OCH3 is 1. The summed E-state index contributed by atoms with van der Waals surface area (Å²) in [5.74, 6) is 0.0509. The van der Waals surface area contributed by atoms with Crippen molar-refractivity contribution in [3.8, 4) is 5.75 Å². The van der Waals surface area contributed by atoms with Crippen LogP contribution in [0.15, 0.2) is 82.6 Å². The Bertz CT molecular complexity index is 1390. The van der Waals surface area contributed by atoms with Gasteiger partial charge < -0.3 is 10.1 Å². The second-order valence-electron chi connectivity index (χ2n) is 7.86. The van der Waals surface area contributed by atoms with Crippen LogP contribution in [0.4, 0.5) is 0 Å². The molecular weight excluding hydrogens is 490 g/mol. The van der Waals surface area contributed by atoms with Crippen molar-refractivity contribution < 1.29 is 26.4 Å². The Kier molecular flexibility index (Phi) is 8.28. The zero-order chi connectivity index (χ0) is 25.6. The maximum Gasteiger partial charge on any atom is 0.243 e. The average Bonchev–Trinajstić information content (AvgIpc) is 2.82. The van der Waals surface area contributed by atoms with Crippen molar-refractivity contribution in [1.82, 2.24) is 9.62 Å². The van der Waals surface area contributed by atoms with E-state index < -0.39 is 32.5 Å². The summed E-state index contributed by atoms with van der Waals surface area (Å²) < 4.78 is 56.0. The fraction of sp³-hybridized carbons (Fsp3) is 0.208. The fourth-order valence-electron chi connectivity index (χ4n) is 3.39. The SMILES string of the molecule is COc1ccc(S(=O)(=O)N(CC(=O)NCc2ccc(S(N)(=O)=O)cc2)Cc2ccccc2)cc1C. The number of nitrogens with two attached hydrogens (primary N) is 1. The Hall–Kier alpha value is -3.25. The van der Waals surface area contributed by atoms with Gasteiger partial charge in [-0.25, -0.2) is 22.0 Å². The number of benzene rings is 3. The Morgan fingerprint density at radius 2 is 1.54 bits per heavy atom. The second-order valence-corrected chi connectivity index (χ2v) is 11.4. The highest BCUT2D eigenvalue weighted by atomic mass is 32.2. The van der Waals surface area contributed by atoms with Crippen molar-refractivity contribution in [2.75, 3.05) is 13.7 Å². The molecule has 0 aliphatic rings. The number of aryl methyl sites for hydroxylation is 1. The molecule has 0 radical (unpaired) electrons. The second kappa shape index (κ2) is 11.0. The topological polar surface area (TPSA) is 136 Å². The van der Waals surface area contributed by atoms with Crippen LogP contribution in [0.1, 0.15) is 16.7 Å². The van der Waals surface area contributed by atoms with Crippen LogP contribution in [-0.2, 0) is 37.9 Å². The predicted molar refractivity (Wildman–Crippen MR) is 131 cm³/mol. The van der Waals surface area contributed by atoms with E-state index in [0.717, 1.165) is 9.87 Å². The van der Waals surface area contributed by atoms with Crippen molar-refractivity contribution in [1.29, 1.82) is 0 Å². The molecule has 0 heterocycles.